The fraction of sp³-hybridized carbons (Fsp3) is 0.0909. The molecule has 0 aromatic carbocycles. The van der Waals surface area contributed by atoms with Gasteiger partial charge in [-0.1, -0.05) is 11.8 Å². The Morgan fingerprint density at radius 1 is 0.800 bits per heavy atom. The number of thioether (sulfide) groups is 1. The summed E-state index contributed by atoms with van der Waals surface area (Å²) in [6, 6.07) is 0. The lowest BCUT2D eigenvalue weighted by atomic mass is 10.4. The van der Waals surface area contributed by atoms with Crippen LogP contribution in [-0.4, -0.2) is 39.9 Å². The molecular weight excluding hydrogens is 276 g/mol. The fourth-order valence-corrected chi connectivity index (χ4v) is 2.82. The smallest absolute Gasteiger partial charge is 0.181 e. The van der Waals surface area contributed by atoms with E-state index in [1.165, 1.54) is 12.7 Å². The summed E-state index contributed by atoms with van der Waals surface area (Å²) in [5.41, 5.74) is 3.92. The van der Waals surface area contributed by atoms with E-state index in [9.17, 15) is 0 Å². The van der Waals surface area contributed by atoms with E-state index in [-0.39, 0.29) is 0 Å². The van der Waals surface area contributed by atoms with Crippen molar-refractivity contribution in [2.75, 3.05) is 0 Å². The molecule has 8 nitrogen and oxygen atoms in total. The van der Waals surface area contributed by atoms with Crippen molar-refractivity contribution < 1.29 is 0 Å². The largest absolute Gasteiger partial charge is 0.342 e. The Hall–Kier alpha value is -2.55. The van der Waals surface area contributed by atoms with Crippen molar-refractivity contribution in [2.45, 2.75) is 10.8 Å². The summed E-state index contributed by atoms with van der Waals surface area (Å²) in [6.07, 6.45) is 6.26. The fourth-order valence-electron chi connectivity index (χ4n) is 1.91. The Morgan fingerprint density at radius 3 is 2.35 bits per heavy atom. The van der Waals surface area contributed by atoms with Gasteiger partial charge < -0.3 is 9.97 Å². The van der Waals surface area contributed by atoms with Crippen LogP contribution in [0.25, 0.3) is 22.3 Å². The molecule has 0 fully saturated rings. The molecule has 0 spiro atoms. The summed E-state index contributed by atoms with van der Waals surface area (Å²) in [5, 5.41) is 0.846. The van der Waals surface area contributed by atoms with Gasteiger partial charge in [0.2, 0.25) is 0 Å². The van der Waals surface area contributed by atoms with Crippen LogP contribution in [0.2, 0.25) is 0 Å². The molecule has 0 amide bonds. The normalized spacial score (nSPS) is 11.4. The summed E-state index contributed by atoms with van der Waals surface area (Å²) in [7, 11) is 0. The molecule has 0 aliphatic heterocycles. The van der Waals surface area contributed by atoms with E-state index in [0.717, 1.165) is 21.8 Å². The first-order valence-corrected chi connectivity index (χ1v) is 6.80. The molecule has 0 atom stereocenters. The van der Waals surface area contributed by atoms with Gasteiger partial charge in [0.15, 0.2) is 11.3 Å². The van der Waals surface area contributed by atoms with E-state index in [1.54, 1.807) is 24.4 Å². The van der Waals surface area contributed by atoms with Crippen LogP contribution < -0.4 is 0 Å². The Kier molecular flexibility index (Phi) is 2.56. The van der Waals surface area contributed by atoms with Crippen LogP contribution in [0, 0.1) is 0 Å². The van der Waals surface area contributed by atoms with Gasteiger partial charge >= 0.3 is 0 Å². The van der Waals surface area contributed by atoms with Gasteiger partial charge in [-0.2, -0.15) is 0 Å². The van der Waals surface area contributed by atoms with Crippen LogP contribution in [0.15, 0.2) is 30.3 Å². The van der Waals surface area contributed by atoms with Crippen LogP contribution in [0.5, 0.6) is 0 Å². The van der Waals surface area contributed by atoms with Crippen molar-refractivity contribution in [1.82, 2.24) is 39.9 Å². The molecule has 4 aromatic heterocycles. The number of nitrogens with zero attached hydrogens (tertiary/aromatic N) is 6. The van der Waals surface area contributed by atoms with E-state index < -0.39 is 0 Å². The number of fused-ring (bicyclic) bond motifs is 2. The monoisotopic (exact) mass is 284 g/mol. The van der Waals surface area contributed by atoms with Crippen molar-refractivity contribution in [2.24, 2.45) is 0 Å². The summed E-state index contributed by atoms with van der Waals surface area (Å²) in [5.74, 6) is 0.659. The van der Waals surface area contributed by atoms with Gasteiger partial charge in [0.25, 0.3) is 0 Å². The van der Waals surface area contributed by atoms with Gasteiger partial charge in [-0.25, -0.2) is 29.9 Å². The second-order valence-corrected chi connectivity index (χ2v) is 4.95. The molecule has 4 rings (SSSR count). The predicted octanol–water partition coefficient (Wildman–Crippen LogP) is 1.31. The zero-order valence-electron chi connectivity index (χ0n) is 10.1. The highest BCUT2D eigenvalue weighted by atomic mass is 32.2. The number of hydrogen-bond acceptors (Lipinski definition) is 7. The lowest BCUT2D eigenvalue weighted by Gasteiger charge is -2.02. The Morgan fingerprint density at radius 2 is 1.50 bits per heavy atom. The molecule has 0 saturated heterocycles. The van der Waals surface area contributed by atoms with Gasteiger partial charge in [0.1, 0.15) is 28.7 Å². The quantitative estimate of drug-likeness (QED) is 0.431. The Bertz CT molecular complexity index is 808. The highest BCUT2D eigenvalue weighted by molar-refractivity contribution is 7.98. The minimum absolute atomic E-state index is 0.659. The number of rotatable bonds is 3. The van der Waals surface area contributed by atoms with Crippen LogP contribution >= 0.6 is 11.8 Å². The number of hydrogen-bond donors (Lipinski definition) is 2. The summed E-state index contributed by atoms with van der Waals surface area (Å²) < 4.78 is 0. The molecule has 4 heterocycles. The molecule has 0 radical (unpaired) electrons. The highest BCUT2D eigenvalue weighted by Gasteiger charge is 2.10. The van der Waals surface area contributed by atoms with Gasteiger partial charge in [-0.15, -0.1) is 0 Å². The molecule has 2 N–H and O–H groups in total. The molecule has 0 bridgehead atoms. The first-order chi connectivity index (χ1) is 9.92. The minimum Gasteiger partial charge on any atom is -0.342 e. The third-order valence-corrected chi connectivity index (χ3v) is 3.84. The van der Waals surface area contributed by atoms with Gasteiger partial charge in [-0.3, -0.25) is 0 Å². The van der Waals surface area contributed by atoms with Gasteiger partial charge in [-0.05, 0) is 0 Å². The van der Waals surface area contributed by atoms with Crippen LogP contribution in [0.4, 0.5) is 0 Å². The number of imidazole rings is 2. The molecule has 98 valence electrons. The van der Waals surface area contributed by atoms with Crippen LogP contribution in [0.3, 0.4) is 0 Å². The molecule has 0 unspecified atom stereocenters. The molecule has 9 heteroatoms. The summed E-state index contributed by atoms with van der Waals surface area (Å²) >= 11 is 1.57. The summed E-state index contributed by atoms with van der Waals surface area (Å²) in [4.78, 5) is 31.1. The van der Waals surface area contributed by atoms with E-state index in [4.69, 9.17) is 0 Å². The average molecular weight is 284 g/mol. The number of aromatic amines is 2. The van der Waals surface area contributed by atoms with Gasteiger partial charge in [0.05, 0.1) is 18.3 Å². The standard InChI is InChI=1S/C11H8N8S/c1(6-7-9(15-2-12-6)16-3-13-7)20-11-8-10(17-4-14-8)18-5-19-11/h2-5H,1H2,(H,12,13,15,16)(H,14,17,18,19). The third-order valence-electron chi connectivity index (χ3n) is 2.84. The lowest BCUT2D eigenvalue weighted by molar-refractivity contribution is 1.07. The van der Waals surface area contributed by atoms with Crippen molar-refractivity contribution in [3.05, 3.63) is 31.0 Å². The number of nitrogens with one attached hydrogen (secondary N) is 2. The van der Waals surface area contributed by atoms with E-state index in [2.05, 4.69) is 39.9 Å². The van der Waals surface area contributed by atoms with Crippen LogP contribution in [-0.2, 0) is 5.75 Å². The maximum absolute atomic E-state index is 4.29. The van der Waals surface area contributed by atoms with Crippen LogP contribution in [0.1, 0.15) is 5.69 Å². The summed E-state index contributed by atoms with van der Waals surface area (Å²) in [6.45, 7) is 0. The third kappa shape index (κ3) is 1.79. The first kappa shape index (κ1) is 11.3. The SMILES string of the molecule is c1nc(CSc2ncnc3nc[nH]c23)c2[nH]cnc2n1. The molecule has 0 saturated carbocycles. The van der Waals surface area contributed by atoms with Gasteiger partial charge in [0, 0.05) is 5.75 Å². The number of aromatic nitrogens is 8. The van der Waals surface area contributed by atoms with E-state index in [1.807, 2.05) is 0 Å². The lowest BCUT2D eigenvalue weighted by Crippen LogP contribution is -1.92. The van der Waals surface area contributed by atoms with E-state index >= 15 is 0 Å². The highest BCUT2D eigenvalue weighted by Crippen LogP contribution is 2.26. The second kappa shape index (κ2) is 4.53. The molecule has 20 heavy (non-hydrogen) atoms. The zero-order chi connectivity index (χ0) is 13.4. The van der Waals surface area contributed by atoms with Crippen molar-refractivity contribution >= 4 is 34.1 Å². The maximum atomic E-state index is 4.29. The van der Waals surface area contributed by atoms with Crippen molar-refractivity contribution in [1.29, 1.82) is 0 Å². The maximum Gasteiger partial charge on any atom is 0.181 e. The van der Waals surface area contributed by atoms with E-state index in [0.29, 0.717) is 17.0 Å². The second-order valence-electron chi connectivity index (χ2n) is 3.99. The topological polar surface area (TPSA) is 109 Å². The predicted molar refractivity (Wildman–Crippen MR) is 72.9 cm³/mol. The average Bonchev–Trinajstić information content (AvgIpc) is 3.13. The zero-order valence-corrected chi connectivity index (χ0v) is 10.9. The Labute approximate surface area is 116 Å². The molecule has 0 aliphatic carbocycles. The molecule has 0 aliphatic rings. The number of H-pyrrole nitrogens is 2. The first-order valence-electron chi connectivity index (χ1n) is 5.81. The van der Waals surface area contributed by atoms with Crippen molar-refractivity contribution in [3.63, 3.8) is 0 Å². The van der Waals surface area contributed by atoms with Crippen molar-refractivity contribution in [3.8, 4) is 0 Å². The Balaban J connectivity index is 1.67. The minimum atomic E-state index is 0.659. The molecule has 4 aromatic rings. The molecular formula is C11H8N8S.